The summed E-state index contributed by atoms with van der Waals surface area (Å²) in [5, 5.41) is 5.78. The smallest absolute Gasteiger partial charge is 0.160 e. The molecule has 4 nitrogen and oxygen atoms in total. The predicted molar refractivity (Wildman–Crippen MR) is 223 cm³/mol. The van der Waals surface area contributed by atoms with Gasteiger partial charge in [0.1, 0.15) is 0 Å². The van der Waals surface area contributed by atoms with Gasteiger partial charge in [-0.15, -0.1) is 0 Å². The zero-order valence-corrected chi connectivity index (χ0v) is 29.3. The third-order valence-electron chi connectivity index (χ3n) is 10.1. The highest BCUT2D eigenvalue weighted by atomic mass is 14.9. The topological polar surface area (TPSA) is 51.6 Å². The Kier molecular flexibility index (Phi) is 7.77. The van der Waals surface area contributed by atoms with Crippen LogP contribution in [-0.4, -0.2) is 19.9 Å². The summed E-state index contributed by atoms with van der Waals surface area (Å²) in [6.07, 6.45) is 0. The molecule has 4 heteroatoms. The van der Waals surface area contributed by atoms with E-state index in [0.717, 1.165) is 67.0 Å². The SMILES string of the molecule is c1ccc(-c2ccc(-c3cc(-c4cccc(-c5nc6ccccc6c6c5ccc5ccccc56)n4)nc(-c4ccc(-c5ccccc5)cc4)n3)cc2)cc1. The molecule has 0 fully saturated rings. The third kappa shape index (κ3) is 5.76. The lowest BCUT2D eigenvalue weighted by Crippen LogP contribution is -1.98. The second kappa shape index (κ2) is 13.4. The summed E-state index contributed by atoms with van der Waals surface area (Å²) in [6, 6.07) is 67.3. The maximum atomic E-state index is 5.27. The summed E-state index contributed by atoms with van der Waals surface area (Å²) < 4.78 is 0. The first kappa shape index (κ1) is 31.4. The van der Waals surface area contributed by atoms with Crippen LogP contribution in [-0.2, 0) is 0 Å². The van der Waals surface area contributed by atoms with E-state index in [1.54, 1.807) is 0 Å². The molecule has 10 aromatic rings. The van der Waals surface area contributed by atoms with Crippen LogP contribution in [0, 0.1) is 0 Å². The first-order chi connectivity index (χ1) is 26.7. The van der Waals surface area contributed by atoms with Gasteiger partial charge in [0.15, 0.2) is 5.82 Å². The fourth-order valence-electron chi connectivity index (χ4n) is 7.39. The molecule has 7 aromatic carbocycles. The van der Waals surface area contributed by atoms with Crippen LogP contribution in [0.1, 0.15) is 0 Å². The number of aromatic nitrogens is 4. The number of rotatable bonds is 6. The number of fused-ring (bicyclic) bond motifs is 5. The zero-order chi connectivity index (χ0) is 35.8. The lowest BCUT2D eigenvalue weighted by molar-refractivity contribution is 1.16. The van der Waals surface area contributed by atoms with Gasteiger partial charge < -0.3 is 0 Å². The average Bonchev–Trinajstić information content (AvgIpc) is 3.26. The Bertz CT molecular complexity index is 2840. The second-order valence-electron chi connectivity index (χ2n) is 13.4. The van der Waals surface area contributed by atoms with E-state index in [1.165, 1.54) is 27.3 Å². The molecule has 252 valence electrons. The normalized spacial score (nSPS) is 11.3. The van der Waals surface area contributed by atoms with Crippen LogP contribution < -0.4 is 0 Å². The molecule has 0 atom stereocenters. The molecule has 0 spiro atoms. The highest BCUT2D eigenvalue weighted by molar-refractivity contribution is 6.22. The van der Waals surface area contributed by atoms with Crippen LogP contribution in [0.25, 0.3) is 100 Å². The Balaban J connectivity index is 1.12. The zero-order valence-electron chi connectivity index (χ0n) is 29.3. The molecule has 3 aromatic heterocycles. The summed E-state index contributed by atoms with van der Waals surface area (Å²) in [4.78, 5) is 20.8. The van der Waals surface area contributed by atoms with Crippen LogP contribution >= 0.6 is 0 Å². The molecule has 0 aliphatic carbocycles. The Hall–Kier alpha value is -7.30. The molecular weight excluding hydrogens is 657 g/mol. The highest BCUT2D eigenvalue weighted by Gasteiger charge is 2.17. The molecule has 54 heavy (non-hydrogen) atoms. The second-order valence-corrected chi connectivity index (χ2v) is 13.4. The maximum Gasteiger partial charge on any atom is 0.160 e. The van der Waals surface area contributed by atoms with Crippen LogP contribution in [0.15, 0.2) is 194 Å². The van der Waals surface area contributed by atoms with E-state index in [9.17, 15) is 0 Å². The van der Waals surface area contributed by atoms with Gasteiger partial charge in [-0.25, -0.2) is 19.9 Å². The molecule has 0 aliphatic heterocycles. The fraction of sp³-hybridized carbons (Fsp3) is 0. The van der Waals surface area contributed by atoms with Gasteiger partial charge in [0.05, 0.1) is 34.0 Å². The molecule has 0 amide bonds. The summed E-state index contributed by atoms with van der Waals surface area (Å²) in [5.74, 6) is 0.641. The Morgan fingerprint density at radius 2 is 0.833 bits per heavy atom. The quantitative estimate of drug-likeness (QED) is 0.163. The van der Waals surface area contributed by atoms with Crippen molar-refractivity contribution in [2.75, 3.05) is 0 Å². The summed E-state index contributed by atoms with van der Waals surface area (Å²) in [5.41, 5.74) is 11.5. The van der Waals surface area contributed by atoms with Crippen molar-refractivity contribution >= 4 is 32.4 Å². The van der Waals surface area contributed by atoms with Gasteiger partial charge in [-0.1, -0.05) is 170 Å². The molecule has 0 saturated carbocycles. The van der Waals surface area contributed by atoms with E-state index in [4.69, 9.17) is 19.9 Å². The molecule has 0 N–H and O–H groups in total. The van der Waals surface area contributed by atoms with Crippen molar-refractivity contribution in [3.63, 3.8) is 0 Å². The van der Waals surface area contributed by atoms with Gasteiger partial charge in [0, 0.05) is 27.3 Å². The molecular formula is C50H32N4. The van der Waals surface area contributed by atoms with E-state index < -0.39 is 0 Å². The monoisotopic (exact) mass is 688 g/mol. The number of nitrogens with zero attached hydrogens (tertiary/aromatic N) is 4. The number of benzene rings is 7. The van der Waals surface area contributed by atoms with Gasteiger partial charge in [-0.2, -0.15) is 0 Å². The van der Waals surface area contributed by atoms with Crippen LogP contribution in [0.4, 0.5) is 0 Å². The first-order valence-corrected chi connectivity index (χ1v) is 18.1. The van der Waals surface area contributed by atoms with Gasteiger partial charge in [0.25, 0.3) is 0 Å². The van der Waals surface area contributed by atoms with E-state index in [0.29, 0.717) is 5.82 Å². The minimum Gasteiger partial charge on any atom is -0.245 e. The van der Waals surface area contributed by atoms with Crippen molar-refractivity contribution in [2.24, 2.45) is 0 Å². The van der Waals surface area contributed by atoms with E-state index >= 15 is 0 Å². The van der Waals surface area contributed by atoms with Crippen molar-refractivity contribution in [1.29, 1.82) is 0 Å². The Morgan fingerprint density at radius 3 is 1.56 bits per heavy atom. The minimum absolute atomic E-state index is 0.641. The third-order valence-corrected chi connectivity index (χ3v) is 10.1. The molecule has 0 radical (unpaired) electrons. The fourth-order valence-corrected chi connectivity index (χ4v) is 7.39. The van der Waals surface area contributed by atoms with Crippen molar-refractivity contribution in [1.82, 2.24) is 19.9 Å². The summed E-state index contributed by atoms with van der Waals surface area (Å²) in [7, 11) is 0. The molecule has 0 unspecified atom stereocenters. The standard InChI is InChI=1S/C50H32N4/c1-3-12-33(13-4-1)35-22-26-38(27-23-35)46-32-47(54-50(53-46)39-28-24-36(25-29-39)34-14-5-2-6-15-34)44-20-11-21-45(51-44)49-42-31-30-37-16-7-8-17-40(37)48(42)41-18-9-10-19-43(41)52-49/h1-32H. The number of pyridine rings is 2. The highest BCUT2D eigenvalue weighted by Crippen LogP contribution is 2.37. The van der Waals surface area contributed by atoms with E-state index in [-0.39, 0.29) is 0 Å². The number of hydrogen-bond donors (Lipinski definition) is 0. The van der Waals surface area contributed by atoms with Crippen LogP contribution in [0.3, 0.4) is 0 Å². The average molecular weight is 689 g/mol. The summed E-state index contributed by atoms with van der Waals surface area (Å²) in [6.45, 7) is 0. The largest absolute Gasteiger partial charge is 0.245 e. The molecule has 0 aliphatic rings. The van der Waals surface area contributed by atoms with Gasteiger partial charge in [-0.3, -0.25) is 0 Å². The van der Waals surface area contributed by atoms with Crippen LogP contribution in [0.5, 0.6) is 0 Å². The van der Waals surface area contributed by atoms with Gasteiger partial charge >= 0.3 is 0 Å². The van der Waals surface area contributed by atoms with E-state index in [1.807, 2.05) is 42.5 Å². The molecule has 0 bridgehead atoms. The van der Waals surface area contributed by atoms with E-state index in [2.05, 4.69) is 152 Å². The Morgan fingerprint density at radius 1 is 0.278 bits per heavy atom. The molecule has 3 heterocycles. The van der Waals surface area contributed by atoms with Crippen molar-refractivity contribution in [3.05, 3.63) is 194 Å². The minimum atomic E-state index is 0.641. The lowest BCUT2D eigenvalue weighted by atomic mass is 9.96. The molecule has 10 rings (SSSR count). The van der Waals surface area contributed by atoms with Gasteiger partial charge in [-0.05, 0) is 57.3 Å². The first-order valence-electron chi connectivity index (χ1n) is 18.1. The molecule has 0 saturated heterocycles. The van der Waals surface area contributed by atoms with Gasteiger partial charge in [0.2, 0.25) is 0 Å². The predicted octanol–water partition coefficient (Wildman–Crippen LogP) is 12.7. The number of hydrogen-bond acceptors (Lipinski definition) is 4. The lowest BCUT2D eigenvalue weighted by Gasteiger charge is -2.13. The van der Waals surface area contributed by atoms with Crippen molar-refractivity contribution < 1.29 is 0 Å². The summed E-state index contributed by atoms with van der Waals surface area (Å²) >= 11 is 0. The maximum absolute atomic E-state index is 5.27. The van der Waals surface area contributed by atoms with Crippen molar-refractivity contribution in [3.8, 4) is 67.7 Å². The Labute approximate surface area is 313 Å². The van der Waals surface area contributed by atoms with Crippen LogP contribution in [0.2, 0.25) is 0 Å². The number of para-hydroxylation sites is 1. The van der Waals surface area contributed by atoms with Crippen molar-refractivity contribution in [2.45, 2.75) is 0 Å².